The van der Waals surface area contributed by atoms with Crippen molar-refractivity contribution in [2.24, 2.45) is 23.0 Å². The van der Waals surface area contributed by atoms with E-state index in [1.807, 2.05) is 111 Å². The number of likely N-dealkylation sites (N-methyl/N-ethyl adjacent to an activating group) is 1. The fourth-order valence-electron chi connectivity index (χ4n) is 10.8. The van der Waals surface area contributed by atoms with Crippen molar-refractivity contribution >= 4 is 75.6 Å². The molecule has 2 aliphatic heterocycles. The number of benzene rings is 6. The predicted molar refractivity (Wildman–Crippen MR) is 373 cm³/mol. The average molecular weight is 1320 g/mol. The van der Waals surface area contributed by atoms with Gasteiger partial charge in [0.15, 0.2) is 11.0 Å². The Hall–Kier alpha value is -8.83. The lowest BCUT2D eigenvalue weighted by molar-refractivity contribution is -0.145. The Morgan fingerprint density at radius 3 is 1.85 bits per heavy atom. The van der Waals surface area contributed by atoms with Crippen molar-refractivity contribution in [1.82, 2.24) is 25.4 Å². The quantitative estimate of drug-likeness (QED) is 0.0182. The van der Waals surface area contributed by atoms with Crippen LogP contribution < -0.4 is 31.3 Å². The number of amides is 6. The van der Waals surface area contributed by atoms with Crippen LogP contribution in [0.1, 0.15) is 98.5 Å². The SMILES string of the molecule is C=CCC1(CC(C)C)C(=O)NC(=O)NC1=O.CC(=O)Nc1ccc(O)cc1.CC(CN1c2ccccc2Sc2ccccc21)N(C)C.COc1cccc([C@@]2(O)CCCC[C@@H]2CN(C)C)c1.NC(=O)C[S+]([O-])C(c1ccccc1)c1ccccc1.O=C(O)c1cccnc1. The second-order valence-corrected chi connectivity index (χ2v) is 26.3. The molecule has 7 aromatic rings. The minimum Gasteiger partial charge on any atom is -0.615 e. The maximum atomic E-state index is 12.4. The largest absolute Gasteiger partial charge is 0.615 e. The van der Waals surface area contributed by atoms with Crippen LogP contribution >= 0.6 is 11.8 Å². The summed E-state index contributed by atoms with van der Waals surface area (Å²) in [5.74, 6) is -1.32. The van der Waals surface area contributed by atoms with Crippen LogP contribution in [-0.2, 0) is 36.0 Å². The van der Waals surface area contributed by atoms with E-state index in [1.165, 1.54) is 71.2 Å². The minimum atomic E-state index is -1.36. The third-order valence-electron chi connectivity index (χ3n) is 15.5. The smallest absolute Gasteiger partial charge is 0.337 e. The molecule has 19 nitrogen and oxygen atoms in total. The number of urea groups is 1. The average Bonchev–Trinajstić information content (AvgIpc) is 0.800. The molecule has 1 aliphatic carbocycles. The van der Waals surface area contributed by atoms with Crippen LogP contribution in [-0.4, -0.2) is 130 Å². The summed E-state index contributed by atoms with van der Waals surface area (Å²) in [5, 5.41) is 34.9. The van der Waals surface area contributed by atoms with Crippen molar-refractivity contribution in [3.05, 3.63) is 217 Å². The van der Waals surface area contributed by atoms with Gasteiger partial charge in [0.2, 0.25) is 17.7 Å². The third kappa shape index (κ3) is 23.0. The number of pyridine rings is 1. The first-order valence-corrected chi connectivity index (χ1v) is 33.1. The zero-order valence-corrected chi connectivity index (χ0v) is 56.7. The number of ether oxygens (including phenoxy) is 1. The van der Waals surface area contributed by atoms with Crippen molar-refractivity contribution in [1.29, 1.82) is 0 Å². The van der Waals surface area contributed by atoms with E-state index in [9.17, 15) is 38.4 Å². The van der Waals surface area contributed by atoms with Crippen LogP contribution in [0, 0.1) is 17.3 Å². The summed E-state index contributed by atoms with van der Waals surface area (Å²) >= 11 is 0.502. The van der Waals surface area contributed by atoms with Crippen LogP contribution in [0.5, 0.6) is 11.5 Å². The first-order valence-electron chi connectivity index (χ1n) is 30.9. The molecule has 94 heavy (non-hydrogen) atoms. The lowest BCUT2D eigenvalue weighted by atomic mass is 9.71. The molecule has 500 valence electrons. The van der Waals surface area contributed by atoms with Gasteiger partial charge in [0, 0.05) is 71.0 Å². The van der Waals surface area contributed by atoms with E-state index in [1.54, 1.807) is 25.3 Å². The first kappa shape index (κ1) is 75.9. The summed E-state index contributed by atoms with van der Waals surface area (Å²) in [6, 6.07) is 53.4. The number of hydrogen-bond donors (Lipinski definition) is 7. The Kier molecular flexibility index (Phi) is 30.5. The van der Waals surface area contributed by atoms with Crippen molar-refractivity contribution < 1.29 is 53.4 Å². The summed E-state index contributed by atoms with van der Waals surface area (Å²) in [7, 11) is 10.1. The number of carboxylic acids is 1. The normalized spacial score (nSPS) is 16.4. The molecule has 1 saturated heterocycles. The monoisotopic (exact) mass is 1320 g/mol. The molecule has 6 aromatic carbocycles. The number of nitrogens with two attached hydrogens (primary N) is 1. The summed E-state index contributed by atoms with van der Waals surface area (Å²) in [6.07, 6.45) is 9.24. The highest BCUT2D eigenvalue weighted by molar-refractivity contribution is 7.99. The molecule has 0 spiro atoms. The van der Waals surface area contributed by atoms with Gasteiger partial charge < -0.3 is 50.4 Å². The van der Waals surface area contributed by atoms with Crippen LogP contribution in [0.3, 0.4) is 0 Å². The lowest BCUT2D eigenvalue weighted by Crippen LogP contribution is -2.62. The van der Waals surface area contributed by atoms with Gasteiger partial charge in [0.25, 0.3) is 5.91 Å². The lowest BCUT2D eigenvalue weighted by Gasteiger charge is -2.41. The van der Waals surface area contributed by atoms with Gasteiger partial charge in [-0.25, -0.2) is 9.59 Å². The third-order valence-corrected chi connectivity index (χ3v) is 18.2. The number of fused-ring (bicyclic) bond motifs is 2. The maximum absolute atomic E-state index is 12.4. The molecule has 3 aliphatic rings. The van der Waals surface area contributed by atoms with Crippen molar-refractivity contribution in [3.8, 4) is 11.5 Å². The summed E-state index contributed by atoms with van der Waals surface area (Å²) < 4.78 is 17.7. The van der Waals surface area contributed by atoms with Gasteiger partial charge in [-0.1, -0.05) is 142 Å². The number of carbonyl (C=O) groups excluding carboxylic acids is 5. The van der Waals surface area contributed by atoms with Crippen molar-refractivity contribution in [2.45, 2.75) is 92.9 Å². The molecule has 0 bridgehead atoms. The van der Waals surface area contributed by atoms with Crippen LogP contribution in [0.4, 0.5) is 21.9 Å². The number of methoxy groups -OCH3 is 1. The standard InChI is InChI=1S/C17H20N2S.C16H25NO2.C15H15NO2S.C11H16N2O3.C8H9NO2.C6H5NO2/c1-13(18(2)3)12-19-14-8-4-6-10-16(14)20-17-11-7-5-9-15(17)19;1-17(2)12-14-7-4-5-10-16(14,18)13-8-6-9-15(11-13)19-3;16-14(17)11-19(18)15(12-7-3-1-4-8-12)13-9-5-2-6-10-13;1-4-5-11(6-7(2)3)8(14)12-10(16)13-9(11)15;1-6(10)9-7-2-4-8(11)5-3-7;8-6(9)5-2-1-3-7-4-5/h4-11,13H,12H2,1-3H3;6,8-9,11,14,18H,4-5,7,10,12H2,1-3H3;1-10,15H,11H2,(H2,16,17);4,7H,1,5-6H2,2-3H3,(H2,12,13,14,15,16);2-5,11H,1H3,(H,9,10);1-4H,(H,8,9)/t;14-,16+;;;;/m.1..../s1. The summed E-state index contributed by atoms with van der Waals surface area (Å²) in [4.78, 5) is 79.5. The number of barbiturate groups is 1. The van der Waals surface area contributed by atoms with E-state index >= 15 is 0 Å². The van der Waals surface area contributed by atoms with E-state index in [0.717, 1.165) is 54.8 Å². The van der Waals surface area contributed by atoms with Gasteiger partial charge in [-0.15, -0.1) is 6.58 Å². The van der Waals surface area contributed by atoms with Gasteiger partial charge in [0.1, 0.15) is 16.9 Å². The number of aromatic nitrogens is 1. The fraction of sp³-hybridized carbons (Fsp3) is 0.329. The van der Waals surface area contributed by atoms with E-state index < -0.39 is 51.9 Å². The molecule has 8 N–H and O–H groups in total. The first-order chi connectivity index (χ1) is 44.8. The number of nitrogens with one attached hydrogen (secondary N) is 3. The Balaban J connectivity index is 0.000000208. The maximum Gasteiger partial charge on any atom is 0.337 e. The number of aromatic carboxylic acids is 1. The van der Waals surface area contributed by atoms with Crippen molar-refractivity contribution in [2.75, 3.05) is 64.4 Å². The number of primary amides is 1. The highest BCUT2D eigenvalue weighted by Crippen LogP contribution is 2.48. The number of nitrogens with zero attached hydrogens (tertiary/aromatic N) is 4. The number of phenols is 1. The van der Waals surface area contributed by atoms with Crippen LogP contribution in [0.25, 0.3) is 0 Å². The van der Waals surface area contributed by atoms with Crippen molar-refractivity contribution in [3.63, 3.8) is 0 Å². The zero-order chi connectivity index (χ0) is 69.0. The summed E-state index contributed by atoms with van der Waals surface area (Å²) in [6.45, 7) is 13.0. The zero-order valence-electron chi connectivity index (χ0n) is 55.1. The Morgan fingerprint density at radius 2 is 1.38 bits per heavy atom. The molecule has 2 unspecified atom stereocenters. The molecular weight excluding hydrogens is 1230 g/mol. The minimum absolute atomic E-state index is 0.115. The second-order valence-electron chi connectivity index (χ2n) is 23.7. The van der Waals surface area contributed by atoms with Gasteiger partial charge in [-0.2, -0.15) is 0 Å². The highest BCUT2D eigenvalue weighted by atomic mass is 32.2. The molecular formula is C73H90N8O11S2. The molecule has 2 fully saturated rings. The second kappa shape index (κ2) is 37.8. The molecule has 1 aromatic heterocycles. The molecule has 6 amide bonds. The molecule has 4 atom stereocenters. The van der Waals surface area contributed by atoms with Crippen LogP contribution in [0.15, 0.2) is 205 Å². The van der Waals surface area contributed by atoms with Crippen LogP contribution in [0.2, 0.25) is 0 Å². The number of hydrogen-bond acceptors (Lipinski definition) is 15. The highest BCUT2D eigenvalue weighted by Gasteiger charge is 2.49. The Labute approximate surface area is 560 Å². The Bertz CT molecular complexity index is 3440. The number of aliphatic hydroxyl groups is 1. The fourth-order valence-corrected chi connectivity index (χ4v) is 13.2. The topological polar surface area (TPSA) is 280 Å². The van der Waals surface area contributed by atoms with Gasteiger partial charge in [-0.05, 0) is 156 Å². The summed E-state index contributed by atoms with van der Waals surface area (Å²) in [5.41, 5.74) is 9.66. The van der Waals surface area contributed by atoms with Gasteiger partial charge in [-0.3, -0.25) is 34.8 Å². The molecule has 1 saturated carbocycles. The number of allylic oxidation sites excluding steroid dienone is 1. The number of imide groups is 2. The molecule has 21 heteroatoms. The number of phenolic OH excluding ortho intramolecular Hbond substituents is 1. The predicted octanol–water partition coefficient (Wildman–Crippen LogP) is 12.0. The molecule has 0 radical (unpaired) electrons. The number of carbonyl (C=O) groups is 6. The van der Waals surface area contributed by atoms with Gasteiger partial charge >= 0.3 is 12.0 Å². The van der Waals surface area contributed by atoms with E-state index in [0.29, 0.717) is 24.1 Å². The number of carboxylic acid groups (broad SMARTS) is 1. The molecule has 3 heterocycles. The van der Waals surface area contributed by atoms with Gasteiger partial charge in [0.05, 0.1) is 29.6 Å². The van der Waals surface area contributed by atoms with E-state index in [4.69, 9.17) is 20.7 Å². The number of anilines is 3. The van der Waals surface area contributed by atoms with E-state index in [-0.39, 0.29) is 40.6 Å². The number of para-hydroxylation sites is 2. The number of rotatable bonds is 18. The molecule has 10 rings (SSSR count). The van der Waals surface area contributed by atoms with E-state index in [2.05, 4.69) is 126 Å². The number of aromatic hydroxyl groups is 1. The Morgan fingerprint density at radius 1 is 0.819 bits per heavy atom.